The predicted octanol–water partition coefficient (Wildman–Crippen LogP) is -1.62. The van der Waals surface area contributed by atoms with Crippen LogP contribution in [0.1, 0.15) is 24.5 Å². The van der Waals surface area contributed by atoms with E-state index in [1.54, 1.807) is 21.0 Å². The molecule has 0 amide bonds. The number of hydrogen-bond acceptors (Lipinski definition) is 10. The van der Waals surface area contributed by atoms with E-state index in [2.05, 4.69) is 40.2 Å². The van der Waals surface area contributed by atoms with Crippen LogP contribution >= 0.6 is 0 Å². The summed E-state index contributed by atoms with van der Waals surface area (Å²) < 4.78 is 18.0. The minimum absolute atomic E-state index is 0.0504. The van der Waals surface area contributed by atoms with Crippen molar-refractivity contribution in [3.63, 3.8) is 0 Å². The Morgan fingerprint density at radius 3 is 2.29 bits per heavy atom. The predicted molar refractivity (Wildman–Crippen MR) is 124 cm³/mol. The fraction of sp³-hybridized carbons (Fsp3) is 0.750. The molecule has 0 spiro atoms. The Balaban J connectivity index is 1.50. The molecule has 192 valence electrons. The average molecular weight is 482 g/mol. The number of rotatable bonds is 7. The lowest BCUT2D eigenvalue weighted by molar-refractivity contribution is -0.482. The zero-order chi connectivity index (χ0) is 24.7. The van der Waals surface area contributed by atoms with Gasteiger partial charge in [0, 0.05) is 13.0 Å². The second-order valence-corrected chi connectivity index (χ2v) is 9.92. The maximum Gasteiger partial charge on any atom is 0.249 e. The molecule has 1 saturated carbocycles. The molecule has 10 heteroatoms. The number of fused-ring (bicyclic) bond motifs is 2. The van der Waals surface area contributed by atoms with Crippen molar-refractivity contribution in [2.24, 2.45) is 0 Å². The Morgan fingerprint density at radius 2 is 1.65 bits per heavy atom. The Hall–Kier alpha value is -1.18. The summed E-state index contributed by atoms with van der Waals surface area (Å²) in [4.78, 5) is 0. The highest BCUT2D eigenvalue weighted by atomic mass is 16.8. The lowest BCUT2D eigenvalue weighted by atomic mass is 9.77. The molecule has 7 N–H and O–H groups in total. The van der Waals surface area contributed by atoms with Crippen molar-refractivity contribution in [2.45, 2.75) is 87.0 Å². The van der Waals surface area contributed by atoms with Gasteiger partial charge in [0.15, 0.2) is 0 Å². The summed E-state index contributed by atoms with van der Waals surface area (Å²) in [7, 11) is 3.30. The van der Waals surface area contributed by atoms with Crippen molar-refractivity contribution >= 4 is 0 Å². The van der Waals surface area contributed by atoms with Crippen LogP contribution in [0.15, 0.2) is 24.3 Å². The Kier molecular flexibility index (Phi) is 7.66. The van der Waals surface area contributed by atoms with Gasteiger partial charge in [0.2, 0.25) is 12.1 Å². The lowest BCUT2D eigenvalue weighted by Gasteiger charge is -2.60. The van der Waals surface area contributed by atoms with Crippen LogP contribution in [0.25, 0.3) is 0 Å². The van der Waals surface area contributed by atoms with E-state index in [1.807, 2.05) is 6.92 Å². The molecule has 1 aromatic carbocycles. The highest BCUT2D eigenvalue weighted by molar-refractivity contribution is 5.21. The van der Waals surface area contributed by atoms with Gasteiger partial charge in [0.05, 0.1) is 24.3 Å². The topological polar surface area (TPSA) is 145 Å². The molecule has 2 heterocycles. The first kappa shape index (κ1) is 25.9. The van der Waals surface area contributed by atoms with Crippen LogP contribution in [0.3, 0.4) is 0 Å². The molecule has 1 aliphatic carbocycles. The average Bonchev–Trinajstić information content (AvgIpc) is 2.79. The van der Waals surface area contributed by atoms with Crippen molar-refractivity contribution in [3.05, 3.63) is 35.4 Å². The number of aliphatic hydroxyl groups is 4. The van der Waals surface area contributed by atoms with Gasteiger partial charge in [0.1, 0.15) is 23.9 Å². The normalized spacial score (nSPS) is 44.4. The fourth-order valence-corrected chi connectivity index (χ4v) is 5.51. The summed E-state index contributed by atoms with van der Waals surface area (Å²) >= 11 is 0. The van der Waals surface area contributed by atoms with Gasteiger partial charge in [-0.2, -0.15) is 0 Å². The number of benzene rings is 1. The Labute approximate surface area is 200 Å². The number of nitrogens with one attached hydrogen (secondary N) is 3. The van der Waals surface area contributed by atoms with Crippen LogP contribution in [0.4, 0.5) is 0 Å². The number of aryl methyl sites for hydroxylation is 1. The van der Waals surface area contributed by atoms with Gasteiger partial charge in [0.25, 0.3) is 0 Å². The van der Waals surface area contributed by atoms with Crippen LogP contribution in [0.2, 0.25) is 0 Å². The van der Waals surface area contributed by atoms with E-state index in [1.165, 1.54) is 11.1 Å². The highest BCUT2D eigenvalue weighted by Crippen LogP contribution is 2.46. The highest BCUT2D eigenvalue weighted by Gasteiger charge is 2.68. The van der Waals surface area contributed by atoms with Gasteiger partial charge >= 0.3 is 0 Å². The molecule has 2 aliphatic heterocycles. The van der Waals surface area contributed by atoms with Crippen molar-refractivity contribution < 1.29 is 34.6 Å². The third-order valence-electron chi connectivity index (χ3n) is 7.48. The Morgan fingerprint density at radius 1 is 0.971 bits per heavy atom. The lowest BCUT2D eigenvalue weighted by Crippen LogP contribution is -2.81. The largest absolute Gasteiger partial charge is 0.390 e. The molecule has 0 bridgehead atoms. The number of aliphatic hydroxyl groups excluding tert-OH is 2. The zero-order valence-corrected chi connectivity index (χ0v) is 20.3. The first-order valence-corrected chi connectivity index (χ1v) is 12.0. The van der Waals surface area contributed by atoms with Gasteiger partial charge in [-0.15, -0.1) is 0 Å². The van der Waals surface area contributed by atoms with Gasteiger partial charge in [-0.3, -0.25) is 0 Å². The Bertz CT molecular complexity index is 829. The summed E-state index contributed by atoms with van der Waals surface area (Å²) in [5.74, 6) is -2.20. The fourth-order valence-electron chi connectivity index (χ4n) is 5.51. The van der Waals surface area contributed by atoms with E-state index >= 15 is 0 Å². The molecule has 3 fully saturated rings. The molecule has 3 aliphatic rings. The molecular weight excluding hydrogens is 442 g/mol. The molecule has 0 aromatic heterocycles. The second kappa shape index (κ2) is 10.1. The van der Waals surface area contributed by atoms with Gasteiger partial charge < -0.3 is 50.6 Å². The van der Waals surface area contributed by atoms with E-state index in [4.69, 9.17) is 14.2 Å². The molecule has 34 heavy (non-hydrogen) atoms. The number of ether oxygens (including phenoxy) is 3. The molecular formula is C24H39N3O7. The van der Waals surface area contributed by atoms with Crippen molar-refractivity contribution in [2.75, 3.05) is 27.2 Å². The molecule has 10 atom stereocenters. The number of likely N-dealkylation sites (N-methyl/N-ethyl adjacent to an activating group) is 2. The van der Waals surface area contributed by atoms with Crippen molar-refractivity contribution in [3.8, 4) is 0 Å². The molecule has 2 saturated heterocycles. The van der Waals surface area contributed by atoms with Crippen LogP contribution in [-0.2, 0) is 20.6 Å². The monoisotopic (exact) mass is 481 g/mol. The van der Waals surface area contributed by atoms with Crippen molar-refractivity contribution in [1.29, 1.82) is 0 Å². The van der Waals surface area contributed by atoms with Gasteiger partial charge in [-0.1, -0.05) is 29.8 Å². The van der Waals surface area contributed by atoms with Crippen LogP contribution in [-0.4, -0.2) is 108 Å². The first-order chi connectivity index (χ1) is 16.1. The summed E-state index contributed by atoms with van der Waals surface area (Å²) in [5, 5.41) is 54.1. The van der Waals surface area contributed by atoms with E-state index in [9.17, 15) is 20.4 Å². The smallest absolute Gasteiger partial charge is 0.249 e. The van der Waals surface area contributed by atoms with Crippen LogP contribution in [0.5, 0.6) is 0 Å². The van der Waals surface area contributed by atoms with E-state index in [0.717, 1.165) is 6.42 Å². The molecule has 0 radical (unpaired) electrons. The van der Waals surface area contributed by atoms with Gasteiger partial charge in [-0.05, 0) is 46.5 Å². The summed E-state index contributed by atoms with van der Waals surface area (Å²) in [6.45, 7) is 4.48. The summed E-state index contributed by atoms with van der Waals surface area (Å²) in [6, 6.07) is 6.93. The second-order valence-electron chi connectivity index (χ2n) is 9.92. The minimum Gasteiger partial charge on any atom is -0.390 e. The maximum atomic E-state index is 11.7. The SMILES string of the molecule is CNC1[C@@H](O)[C@@H](NC)[C@H](O)[C@H]2OC3O[C@H](C)C[C@@](O)(CNCCc4ccc(C)cc4)C3(O)O[C@H]12. The molecule has 1 aromatic rings. The molecule has 4 rings (SSSR count). The molecule has 10 nitrogen and oxygen atoms in total. The van der Waals surface area contributed by atoms with E-state index < -0.39 is 60.3 Å². The van der Waals surface area contributed by atoms with Crippen LogP contribution in [0, 0.1) is 6.92 Å². The standard InChI is InChI=1S/C24H39N3O7/c1-13-5-7-15(8-6-13)9-10-27-12-23(30)11-14(2)32-22-24(23,31)34-20-17(26-4)18(28)16(25-3)19(29)21(20)33-22/h5-8,14,16-22,25-31H,9-12H2,1-4H3/t14-,16-,17?,18+,19+,20-,21-,22?,23-,24?/m1/s1. The van der Waals surface area contributed by atoms with Crippen molar-refractivity contribution in [1.82, 2.24) is 16.0 Å². The number of hydrogen-bond donors (Lipinski definition) is 7. The van der Waals surface area contributed by atoms with Gasteiger partial charge in [-0.25, -0.2) is 0 Å². The minimum atomic E-state index is -2.20. The first-order valence-electron chi connectivity index (χ1n) is 12.0. The van der Waals surface area contributed by atoms with E-state index in [-0.39, 0.29) is 13.0 Å². The van der Waals surface area contributed by atoms with Crippen LogP contribution < -0.4 is 16.0 Å². The summed E-state index contributed by atoms with van der Waals surface area (Å²) in [6.07, 6.45) is -4.77. The van der Waals surface area contributed by atoms with E-state index in [0.29, 0.717) is 6.54 Å². The molecule has 3 unspecified atom stereocenters. The summed E-state index contributed by atoms with van der Waals surface area (Å²) in [5.41, 5.74) is 0.645. The third kappa shape index (κ3) is 4.53. The third-order valence-corrected chi connectivity index (χ3v) is 7.48. The quantitative estimate of drug-likeness (QED) is 0.227. The maximum absolute atomic E-state index is 11.7. The zero-order valence-electron chi connectivity index (χ0n) is 20.3.